The molecule has 1 aliphatic rings. The number of aryl methyl sites for hydroxylation is 2. The van der Waals surface area contributed by atoms with E-state index in [-0.39, 0.29) is 10.8 Å². The van der Waals surface area contributed by atoms with Crippen LogP contribution in [0.4, 0.5) is 0 Å². The zero-order valence-corrected chi connectivity index (χ0v) is 13.1. The molecule has 1 aromatic carbocycles. The number of benzene rings is 1. The largest absolute Gasteiger partial charge is 0.352 e. The van der Waals surface area contributed by atoms with Crippen molar-refractivity contribution in [3.05, 3.63) is 28.8 Å². The average Bonchev–Trinajstić information content (AvgIpc) is 2.24. The highest BCUT2D eigenvalue weighted by Gasteiger charge is 2.21. The van der Waals surface area contributed by atoms with E-state index in [9.17, 15) is 13.2 Å². The molecule has 6 heteroatoms. The Morgan fingerprint density at radius 3 is 2.45 bits per heavy atom. The zero-order chi connectivity index (χ0) is 14.9. The Hall–Kier alpha value is -1.07. The van der Waals surface area contributed by atoms with E-state index in [1.165, 1.54) is 12.5 Å². The molecule has 0 aromatic heterocycles. The van der Waals surface area contributed by atoms with Crippen LogP contribution in [0.5, 0.6) is 0 Å². The number of hydrogen-bond acceptors (Lipinski definition) is 3. The lowest BCUT2D eigenvalue weighted by Crippen LogP contribution is -2.32. The molecule has 1 fully saturated rings. The van der Waals surface area contributed by atoms with Crippen molar-refractivity contribution in [1.82, 2.24) is 5.32 Å². The second-order valence-electron chi connectivity index (χ2n) is 5.38. The van der Waals surface area contributed by atoms with Crippen LogP contribution < -0.4 is 5.32 Å². The summed E-state index contributed by atoms with van der Waals surface area (Å²) < 4.78 is 23.0. The van der Waals surface area contributed by atoms with E-state index in [0.29, 0.717) is 23.6 Å². The van der Waals surface area contributed by atoms with E-state index in [1.807, 2.05) is 0 Å². The van der Waals surface area contributed by atoms with Crippen molar-refractivity contribution in [2.24, 2.45) is 5.92 Å². The summed E-state index contributed by atoms with van der Waals surface area (Å²) in [4.78, 5) is 12.2. The molecule has 20 heavy (non-hydrogen) atoms. The Labute approximate surface area is 123 Å². The third-order valence-corrected chi connectivity index (χ3v) is 5.27. The van der Waals surface area contributed by atoms with Gasteiger partial charge in [-0.05, 0) is 49.8 Å². The normalized spacial score (nSPS) is 15.8. The molecule has 0 saturated heterocycles. The van der Waals surface area contributed by atoms with Gasteiger partial charge in [0.05, 0.1) is 4.90 Å². The molecule has 1 saturated carbocycles. The maximum Gasteiger partial charge on any atom is 0.261 e. The number of rotatable bonds is 4. The highest BCUT2D eigenvalue weighted by atomic mass is 35.7. The summed E-state index contributed by atoms with van der Waals surface area (Å²) in [5.74, 6) is 0.317. The lowest BCUT2D eigenvalue weighted by atomic mass is 9.85. The summed E-state index contributed by atoms with van der Waals surface area (Å²) in [6.45, 7) is 4.10. The summed E-state index contributed by atoms with van der Waals surface area (Å²) in [5.41, 5.74) is 1.67. The van der Waals surface area contributed by atoms with Gasteiger partial charge >= 0.3 is 0 Å². The summed E-state index contributed by atoms with van der Waals surface area (Å²) in [6, 6.07) is 3.04. The van der Waals surface area contributed by atoms with Crippen molar-refractivity contribution in [1.29, 1.82) is 0 Å². The van der Waals surface area contributed by atoms with Gasteiger partial charge in [-0.3, -0.25) is 4.79 Å². The van der Waals surface area contributed by atoms with Crippen LogP contribution in [0.15, 0.2) is 17.0 Å². The SMILES string of the molecule is Cc1cc(C)c(S(=O)(=O)Cl)cc1C(=O)NCC1CCC1. The first-order chi connectivity index (χ1) is 9.29. The highest BCUT2D eigenvalue weighted by molar-refractivity contribution is 8.13. The topological polar surface area (TPSA) is 63.2 Å². The van der Waals surface area contributed by atoms with Crippen molar-refractivity contribution in [2.45, 2.75) is 38.0 Å². The molecule has 1 aliphatic carbocycles. The van der Waals surface area contributed by atoms with E-state index < -0.39 is 9.05 Å². The molecule has 0 heterocycles. The van der Waals surface area contributed by atoms with E-state index in [4.69, 9.17) is 10.7 Å². The summed E-state index contributed by atoms with van der Waals surface area (Å²) in [5, 5.41) is 2.86. The van der Waals surface area contributed by atoms with Gasteiger partial charge in [0.15, 0.2) is 0 Å². The van der Waals surface area contributed by atoms with Gasteiger partial charge in [-0.1, -0.05) is 12.5 Å². The second-order valence-corrected chi connectivity index (χ2v) is 7.91. The van der Waals surface area contributed by atoms with Crippen molar-refractivity contribution in [3.8, 4) is 0 Å². The molecule has 0 atom stereocenters. The van der Waals surface area contributed by atoms with Crippen LogP contribution >= 0.6 is 10.7 Å². The van der Waals surface area contributed by atoms with Crippen LogP contribution in [0.3, 0.4) is 0 Å². The van der Waals surface area contributed by atoms with Crippen LogP contribution in [-0.2, 0) is 9.05 Å². The van der Waals surface area contributed by atoms with Gasteiger partial charge in [0.25, 0.3) is 15.0 Å². The summed E-state index contributed by atoms with van der Waals surface area (Å²) >= 11 is 0. The fourth-order valence-corrected chi connectivity index (χ4v) is 3.57. The molecular weight excluding hydrogens is 298 g/mol. The maximum absolute atomic E-state index is 12.2. The number of nitrogens with one attached hydrogen (secondary N) is 1. The van der Waals surface area contributed by atoms with Crippen molar-refractivity contribution >= 4 is 25.6 Å². The fourth-order valence-electron chi connectivity index (χ4n) is 2.37. The predicted octanol–water partition coefficient (Wildman–Crippen LogP) is 2.76. The first-order valence-electron chi connectivity index (χ1n) is 6.63. The Morgan fingerprint density at radius 1 is 1.30 bits per heavy atom. The molecule has 0 spiro atoms. The van der Waals surface area contributed by atoms with Gasteiger partial charge in [-0.25, -0.2) is 8.42 Å². The molecule has 110 valence electrons. The third-order valence-electron chi connectivity index (χ3n) is 3.81. The number of carbonyl (C=O) groups is 1. The minimum Gasteiger partial charge on any atom is -0.352 e. The first-order valence-corrected chi connectivity index (χ1v) is 8.94. The predicted molar refractivity (Wildman–Crippen MR) is 78.6 cm³/mol. The maximum atomic E-state index is 12.2. The molecule has 1 aromatic rings. The Balaban J connectivity index is 2.23. The van der Waals surface area contributed by atoms with Crippen molar-refractivity contribution in [3.63, 3.8) is 0 Å². The Kier molecular flexibility index (Phi) is 4.39. The molecular formula is C14H18ClNO3S. The summed E-state index contributed by atoms with van der Waals surface area (Å²) in [7, 11) is 1.55. The van der Waals surface area contributed by atoms with Gasteiger partial charge in [0.1, 0.15) is 0 Å². The lowest BCUT2D eigenvalue weighted by molar-refractivity contribution is 0.0938. The number of carbonyl (C=O) groups excluding carboxylic acids is 1. The smallest absolute Gasteiger partial charge is 0.261 e. The van der Waals surface area contributed by atoms with Crippen LogP contribution in [0.1, 0.15) is 40.7 Å². The van der Waals surface area contributed by atoms with E-state index in [1.54, 1.807) is 19.9 Å². The Morgan fingerprint density at radius 2 is 1.95 bits per heavy atom. The molecule has 4 nitrogen and oxygen atoms in total. The number of halogens is 1. The van der Waals surface area contributed by atoms with Gasteiger partial charge in [0.2, 0.25) is 0 Å². The zero-order valence-electron chi connectivity index (χ0n) is 11.6. The van der Waals surface area contributed by atoms with E-state index in [2.05, 4.69) is 5.32 Å². The Bertz CT molecular complexity index is 636. The molecule has 0 unspecified atom stereocenters. The van der Waals surface area contributed by atoms with E-state index in [0.717, 1.165) is 18.4 Å². The van der Waals surface area contributed by atoms with Crippen LogP contribution in [0, 0.1) is 19.8 Å². The quantitative estimate of drug-likeness (QED) is 0.869. The van der Waals surface area contributed by atoms with Gasteiger partial charge in [-0.15, -0.1) is 0 Å². The average molecular weight is 316 g/mol. The molecule has 0 radical (unpaired) electrons. The molecule has 0 aliphatic heterocycles. The molecule has 1 amide bonds. The fraction of sp³-hybridized carbons (Fsp3) is 0.500. The van der Waals surface area contributed by atoms with Crippen LogP contribution in [0.2, 0.25) is 0 Å². The van der Waals surface area contributed by atoms with Gasteiger partial charge < -0.3 is 5.32 Å². The minimum absolute atomic E-state index is 0.00133. The van der Waals surface area contributed by atoms with Crippen LogP contribution in [0.25, 0.3) is 0 Å². The standard InChI is InChI=1S/C14H18ClNO3S/c1-9-6-10(2)13(20(15,18)19)7-12(9)14(17)16-8-11-4-3-5-11/h6-7,11H,3-5,8H2,1-2H3,(H,16,17). The first kappa shape index (κ1) is 15.3. The number of amides is 1. The minimum atomic E-state index is -3.84. The molecule has 1 N–H and O–H groups in total. The van der Waals surface area contributed by atoms with Crippen molar-refractivity contribution in [2.75, 3.05) is 6.54 Å². The van der Waals surface area contributed by atoms with E-state index >= 15 is 0 Å². The van der Waals surface area contributed by atoms with Crippen molar-refractivity contribution < 1.29 is 13.2 Å². The van der Waals surface area contributed by atoms with Gasteiger partial charge in [-0.2, -0.15) is 0 Å². The lowest BCUT2D eigenvalue weighted by Gasteiger charge is -2.25. The third kappa shape index (κ3) is 3.33. The highest BCUT2D eigenvalue weighted by Crippen LogP contribution is 2.26. The molecule has 2 rings (SSSR count). The monoisotopic (exact) mass is 315 g/mol. The van der Waals surface area contributed by atoms with Gasteiger partial charge in [0, 0.05) is 22.8 Å². The summed E-state index contributed by atoms with van der Waals surface area (Å²) in [6.07, 6.45) is 3.52. The number of hydrogen-bond donors (Lipinski definition) is 1. The molecule has 0 bridgehead atoms. The van der Waals surface area contributed by atoms with Crippen LogP contribution in [-0.4, -0.2) is 20.9 Å². The second kappa shape index (κ2) is 5.74.